The lowest BCUT2D eigenvalue weighted by atomic mass is 10.0. The first-order valence-corrected chi connectivity index (χ1v) is 5.04. The third-order valence-electron chi connectivity index (χ3n) is 3.17. The van der Waals surface area contributed by atoms with E-state index in [0.717, 1.165) is 18.6 Å². The van der Waals surface area contributed by atoms with Gasteiger partial charge in [0, 0.05) is 18.6 Å². The topological polar surface area (TPSA) is 23.5 Å². The van der Waals surface area contributed by atoms with Gasteiger partial charge in [0.05, 0.1) is 5.60 Å². The first-order chi connectivity index (χ1) is 5.56. The Labute approximate surface area is 74.6 Å². The minimum atomic E-state index is -0.509. The Hall–Kier alpha value is -0.0800. The maximum atomic E-state index is 9.70. The molecule has 2 rings (SSSR count). The molecule has 0 saturated carbocycles. The van der Waals surface area contributed by atoms with Gasteiger partial charge < -0.3 is 5.11 Å². The third-order valence-corrected chi connectivity index (χ3v) is 3.17. The maximum absolute atomic E-state index is 9.70. The average Bonchev–Trinajstić information content (AvgIpc) is 2.46. The Kier molecular flexibility index (Phi) is 1.92. The highest BCUT2D eigenvalue weighted by atomic mass is 16.3. The summed E-state index contributed by atoms with van der Waals surface area (Å²) in [6, 6.07) is 1.59. The van der Waals surface area contributed by atoms with Gasteiger partial charge in [-0.15, -0.1) is 0 Å². The van der Waals surface area contributed by atoms with E-state index in [1.165, 1.54) is 25.7 Å². The minimum Gasteiger partial charge on any atom is -0.389 e. The molecule has 70 valence electrons. The van der Waals surface area contributed by atoms with Crippen LogP contribution in [0.3, 0.4) is 0 Å². The molecule has 2 bridgehead atoms. The molecule has 0 aromatic rings. The Morgan fingerprint density at radius 2 is 1.58 bits per heavy atom. The Bertz CT molecular complexity index is 153. The normalized spacial score (nSPS) is 36.2. The standard InChI is InChI=1S/C10H19NO/c1-10(2,12)7-11-8-3-4-9(11)6-5-8/h8-9,12H,3-7H2,1-2H3. The van der Waals surface area contributed by atoms with Gasteiger partial charge in [0.2, 0.25) is 0 Å². The van der Waals surface area contributed by atoms with Crippen LogP contribution in [0.15, 0.2) is 0 Å². The van der Waals surface area contributed by atoms with Crippen molar-refractivity contribution in [2.75, 3.05) is 6.54 Å². The number of hydrogen-bond acceptors (Lipinski definition) is 2. The molecule has 1 N–H and O–H groups in total. The highest BCUT2D eigenvalue weighted by Gasteiger charge is 2.40. The predicted molar refractivity (Wildman–Crippen MR) is 49.0 cm³/mol. The molecule has 2 nitrogen and oxygen atoms in total. The number of aliphatic hydroxyl groups is 1. The SMILES string of the molecule is CC(C)(O)CN1C2CCC1CC2. The van der Waals surface area contributed by atoms with E-state index < -0.39 is 5.60 Å². The summed E-state index contributed by atoms with van der Waals surface area (Å²) in [7, 11) is 0. The number of fused-ring (bicyclic) bond motifs is 2. The van der Waals surface area contributed by atoms with E-state index in [4.69, 9.17) is 0 Å². The van der Waals surface area contributed by atoms with Crippen molar-refractivity contribution >= 4 is 0 Å². The van der Waals surface area contributed by atoms with Gasteiger partial charge in [-0.2, -0.15) is 0 Å². The molecule has 0 aromatic heterocycles. The fourth-order valence-electron chi connectivity index (χ4n) is 2.72. The lowest BCUT2D eigenvalue weighted by molar-refractivity contribution is 0.0302. The van der Waals surface area contributed by atoms with E-state index in [0.29, 0.717) is 0 Å². The van der Waals surface area contributed by atoms with Crippen molar-refractivity contribution in [2.24, 2.45) is 0 Å². The quantitative estimate of drug-likeness (QED) is 0.675. The summed E-state index contributed by atoms with van der Waals surface area (Å²) in [6.45, 7) is 4.68. The molecule has 2 saturated heterocycles. The van der Waals surface area contributed by atoms with Gasteiger partial charge in [-0.1, -0.05) is 0 Å². The van der Waals surface area contributed by atoms with Crippen LogP contribution in [0.1, 0.15) is 39.5 Å². The Balaban J connectivity index is 1.97. The monoisotopic (exact) mass is 169 g/mol. The third kappa shape index (κ3) is 1.50. The van der Waals surface area contributed by atoms with E-state index in [9.17, 15) is 5.11 Å². The molecule has 2 heterocycles. The van der Waals surface area contributed by atoms with E-state index in [1.54, 1.807) is 0 Å². The molecule has 2 aliphatic heterocycles. The highest BCUT2D eigenvalue weighted by molar-refractivity contribution is 4.96. The first-order valence-electron chi connectivity index (χ1n) is 5.04. The molecule has 0 amide bonds. The minimum absolute atomic E-state index is 0.509. The zero-order valence-electron chi connectivity index (χ0n) is 8.08. The van der Waals surface area contributed by atoms with E-state index in [-0.39, 0.29) is 0 Å². The molecular weight excluding hydrogens is 150 g/mol. The number of nitrogens with zero attached hydrogens (tertiary/aromatic N) is 1. The van der Waals surface area contributed by atoms with Crippen LogP contribution in [0.25, 0.3) is 0 Å². The second-order valence-corrected chi connectivity index (χ2v) is 4.95. The molecule has 0 unspecified atom stereocenters. The second-order valence-electron chi connectivity index (χ2n) is 4.95. The van der Waals surface area contributed by atoms with Crippen molar-refractivity contribution in [3.05, 3.63) is 0 Å². The molecule has 0 spiro atoms. The number of hydrogen-bond donors (Lipinski definition) is 1. The zero-order valence-corrected chi connectivity index (χ0v) is 8.08. The molecular formula is C10H19NO. The van der Waals surface area contributed by atoms with E-state index in [1.807, 2.05) is 13.8 Å². The summed E-state index contributed by atoms with van der Waals surface area (Å²) < 4.78 is 0. The smallest absolute Gasteiger partial charge is 0.0718 e. The molecule has 0 atom stereocenters. The van der Waals surface area contributed by atoms with Gasteiger partial charge in [0.25, 0.3) is 0 Å². The van der Waals surface area contributed by atoms with Gasteiger partial charge in [0.15, 0.2) is 0 Å². The van der Waals surface area contributed by atoms with Crippen molar-refractivity contribution in [3.8, 4) is 0 Å². The molecule has 2 heteroatoms. The van der Waals surface area contributed by atoms with Crippen LogP contribution in [0.5, 0.6) is 0 Å². The zero-order chi connectivity index (χ0) is 8.77. The summed E-state index contributed by atoms with van der Waals surface area (Å²) in [4.78, 5) is 2.51. The van der Waals surface area contributed by atoms with Crippen molar-refractivity contribution < 1.29 is 5.11 Å². The van der Waals surface area contributed by atoms with Crippen LogP contribution < -0.4 is 0 Å². The molecule has 0 aromatic carbocycles. The highest BCUT2D eigenvalue weighted by Crippen LogP contribution is 2.37. The summed E-state index contributed by atoms with van der Waals surface area (Å²) in [5.74, 6) is 0. The molecule has 0 aliphatic carbocycles. The van der Waals surface area contributed by atoms with Gasteiger partial charge in [0.1, 0.15) is 0 Å². The maximum Gasteiger partial charge on any atom is 0.0718 e. The lowest BCUT2D eigenvalue weighted by Crippen LogP contribution is -2.41. The van der Waals surface area contributed by atoms with Crippen molar-refractivity contribution in [1.29, 1.82) is 0 Å². The van der Waals surface area contributed by atoms with Crippen LogP contribution in [-0.4, -0.2) is 34.2 Å². The lowest BCUT2D eigenvalue weighted by Gasteiger charge is -2.28. The van der Waals surface area contributed by atoms with E-state index in [2.05, 4.69) is 4.90 Å². The van der Waals surface area contributed by atoms with Crippen LogP contribution in [-0.2, 0) is 0 Å². The van der Waals surface area contributed by atoms with Crippen LogP contribution in [0.2, 0.25) is 0 Å². The Morgan fingerprint density at radius 1 is 1.17 bits per heavy atom. The van der Waals surface area contributed by atoms with Gasteiger partial charge in [-0.05, 0) is 39.5 Å². The van der Waals surface area contributed by atoms with Crippen LogP contribution >= 0.6 is 0 Å². The Morgan fingerprint density at radius 3 is 1.92 bits per heavy atom. The molecule has 12 heavy (non-hydrogen) atoms. The number of rotatable bonds is 2. The second kappa shape index (κ2) is 2.71. The van der Waals surface area contributed by atoms with Gasteiger partial charge in [-0.3, -0.25) is 4.90 Å². The first kappa shape index (κ1) is 8.52. The summed E-state index contributed by atoms with van der Waals surface area (Å²) in [5.41, 5.74) is -0.509. The molecule has 2 aliphatic rings. The average molecular weight is 169 g/mol. The largest absolute Gasteiger partial charge is 0.389 e. The van der Waals surface area contributed by atoms with Gasteiger partial charge >= 0.3 is 0 Å². The van der Waals surface area contributed by atoms with Crippen LogP contribution in [0.4, 0.5) is 0 Å². The van der Waals surface area contributed by atoms with Crippen molar-refractivity contribution in [2.45, 2.75) is 57.2 Å². The summed E-state index contributed by atoms with van der Waals surface area (Å²) in [6.07, 6.45) is 5.45. The van der Waals surface area contributed by atoms with Crippen LogP contribution in [0, 0.1) is 0 Å². The van der Waals surface area contributed by atoms with E-state index >= 15 is 0 Å². The fraction of sp³-hybridized carbons (Fsp3) is 1.00. The van der Waals surface area contributed by atoms with Crippen molar-refractivity contribution in [1.82, 2.24) is 4.90 Å². The predicted octanol–water partition coefficient (Wildman–Crippen LogP) is 1.38. The fourth-order valence-corrected chi connectivity index (χ4v) is 2.72. The summed E-state index contributed by atoms with van der Waals surface area (Å²) in [5, 5.41) is 9.70. The van der Waals surface area contributed by atoms with Crippen molar-refractivity contribution in [3.63, 3.8) is 0 Å². The molecule has 2 fully saturated rings. The summed E-state index contributed by atoms with van der Waals surface area (Å²) >= 11 is 0. The van der Waals surface area contributed by atoms with Gasteiger partial charge in [-0.25, -0.2) is 0 Å². The molecule has 0 radical (unpaired) electrons.